The summed E-state index contributed by atoms with van der Waals surface area (Å²) >= 11 is 19.7. The molecule has 1 aromatic carbocycles. The molecule has 1 heterocycles. The highest BCUT2D eigenvalue weighted by molar-refractivity contribution is 6.35. The van der Waals surface area contributed by atoms with Gasteiger partial charge in [0.15, 0.2) is 0 Å². The molecule has 2 rings (SSSR count). The fraction of sp³-hybridized carbons (Fsp3) is 0.458. The van der Waals surface area contributed by atoms with Crippen molar-refractivity contribution in [2.24, 2.45) is 0 Å². The standard InChI is InChI=1S/C24H28Cl3N/c1-3-4-5-6-7-8-9-10-15-24(27,20-12-11-16-28-18-20)19(2)22-14-13-21(25)17-23(22)26/h11-14,16-19H,3-9H2,1-2H3. The summed E-state index contributed by atoms with van der Waals surface area (Å²) in [4.78, 5) is 3.35. The van der Waals surface area contributed by atoms with Gasteiger partial charge in [-0.05, 0) is 30.2 Å². The van der Waals surface area contributed by atoms with Crippen LogP contribution in [0.15, 0.2) is 42.7 Å². The molecule has 0 saturated carbocycles. The molecule has 4 heteroatoms. The third-order valence-electron chi connectivity index (χ3n) is 5.03. The van der Waals surface area contributed by atoms with Crippen LogP contribution >= 0.6 is 34.8 Å². The number of nitrogens with zero attached hydrogens (tertiary/aromatic N) is 1. The molecule has 2 atom stereocenters. The van der Waals surface area contributed by atoms with E-state index >= 15 is 0 Å². The molecule has 0 bridgehead atoms. The summed E-state index contributed by atoms with van der Waals surface area (Å²) in [6.45, 7) is 4.28. The smallest absolute Gasteiger partial charge is 0.138 e. The van der Waals surface area contributed by atoms with E-state index in [0.717, 1.165) is 24.0 Å². The largest absolute Gasteiger partial charge is 0.264 e. The molecule has 0 radical (unpaired) electrons. The van der Waals surface area contributed by atoms with Crippen LogP contribution in [-0.4, -0.2) is 4.98 Å². The highest BCUT2D eigenvalue weighted by Gasteiger charge is 2.36. The molecule has 0 amide bonds. The summed E-state index contributed by atoms with van der Waals surface area (Å²) in [7, 11) is 0. The number of pyridine rings is 1. The molecule has 0 aliphatic rings. The van der Waals surface area contributed by atoms with Crippen molar-refractivity contribution in [3.63, 3.8) is 0 Å². The number of alkyl halides is 1. The van der Waals surface area contributed by atoms with Gasteiger partial charge in [-0.3, -0.25) is 4.98 Å². The van der Waals surface area contributed by atoms with Crippen molar-refractivity contribution in [2.45, 2.75) is 69.6 Å². The Balaban J connectivity index is 2.19. The fourth-order valence-electron chi connectivity index (χ4n) is 3.26. The first-order valence-electron chi connectivity index (χ1n) is 10.0. The Morgan fingerprint density at radius 3 is 2.50 bits per heavy atom. The van der Waals surface area contributed by atoms with E-state index in [1.807, 2.05) is 24.3 Å². The van der Waals surface area contributed by atoms with E-state index < -0.39 is 4.87 Å². The number of halogens is 3. The second-order valence-electron chi connectivity index (χ2n) is 7.16. The highest BCUT2D eigenvalue weighted by Crippen LogP contribution is 2.44. The van der Waals surface area contributed by atoms with Gasteiger partial charge in [-0.2, -0.15) is 0 Å². The van der Waals surface area contributed by atoms with Gasteiger partial charge in [-0.1, -0.05) is 98.8 Å². The van der Waals surface area contributed by atoms with Crippen LogP contribution in [0.25, 0.3) is 0 Å². The normalized spacial score (nSPS) is 14.0. The fourth-order valence-corrected chi connectivity index (χ4v) is 4.13. The molecule has 0 spiro atoms. The molecule has 0 saturated heterocycles. The number of benzene rings is 1. The average Bonchev–Trinajstić information content (AvgIpc) is 2.70. The van der Waals surface area contributed by atoms with Crippen molar-refractivity contribution >= 4 is 34.8 Å². The average molecular weight is 437 g/mol. The lowest BCUT2D eigenvalue weighted by Gasteiger charge is -2.29. The summed E-state index contributed by atoms with van der Waals surface area (Å²) in [6, 6.07) is 9.37. The lowest BCUT2D eigenvalue weighted by atomic mass is 9.82. The first-order chi connectivity index (χ1) is 13.5. The van der Waals surface area contributed by atoms with E-state index in [9.17, 15) is 0 Å². The number of unbranched alkanes of at least 4 members (excludes halogenated alkanes) is 6. The number of hydrogen-bond acceptors (Lipinski definition) is 1. The zero-order valence-corrected chi connectivity index (χ0v) is 18.9. The highest BCUT2D eigenvalue weighted by atomic mass is 35.5. The molecular formula is C24H28Cl3N. The molecule has 150 valence electrons. The van der Waals surface area contributed by atoms with Gasteiger partial charge >= 0.3 is 0 Å². The second-order valence-corrected chi connectivity index (χ2v) is 8.60. The first-order valence-corrected chi connectivity index (χ1v) is 11.2. The Labute approximate surface area is 184 Å². The number of rotatable bonds is 9. The van der Waals surface area contributed by atoms with E-state index in [1.54, 1.807) is 18.5 Å². The quantitative estimate of drug-likeness (QED) is 0.218. The lowest BCUT2D eigenvalue weighted by molar-refractivity contribution is 0.611. The molecule has 0 fully saturated rings. The zero-order valence-electron chi connectivity index (χ0n) is 16.6. The first kappa shape index (κ1) is 23.1. The minimum atomic E-state index is -0.895. The van der Waals surface area contributed by atoms with Crippen molar-refractivity contribution in [1.29, 1.82) is 0 Å². The van der Waals surface area contributed by atoms with E-state index in [4.69, 9.17) is 34.8 Å². The molecule has 1 nitrogen and oxygen atoms in total. The summed E-state index contributed by atoms with van der Waals surface area (Å²) in [6.07, 6.45) is 11.9. The SMILES string of the molecule is CCCCCCCCC#CC(Cl)(c1cccnc1)C(C)c1ccc(Cl)cc1Cl. The molecule has 1 aromatic heterocycles. The van der Waals surface area contributed by atoms with Crippen molar-refractivity contribution in [1.82, 2.24) is 4.98 Å². The predicted octanol–water partition coefficient (Wildman–Crippen LogP) is 8.38. The Morgan fingerprint density at radius 1 is 1.07 bits per heavy atom. The predicted molar refractivity (Wildman–Crippen MR) is 122 cm³/mol. The van der Waals surface area contributed by atoms with Crippen LogP contribution in [0.5, 0.6) is 0 Å². The van der Waals surface area contributed by atoms with E-state index in [2.05, 4.69) is 30.7 Å². The van der Waals surface area contributed by atoms with Crippen LogP contribution in [0, 0.1) is 11.8 Å². The third-order valence-corrected chi connectivity index (χ3v) is 6.24. The molecule has 0 aliphatic heterocycles. The summed E-state index contributed by atoms with van der Waals surface area (Å²) in [5.74, 6) is 6.53. The van der Waals surface area contributed by atoms with Gasteiger partial charge in [0.25, 0.3) is 0 Å². The van der Waals surface area contributed by atoms with Crippen molar-refractivity contribution in [2.75, 3.05) is 0 Å². The van der Waals surface area contributed by atoms with Gasteiger partial charge in [0.05, 0.1) is 0 Å². The molecule has 0 N–H and O–H groups in total. The topological polar surface area (TPSA) is 12.9 Å². The third kappa shape index (κ3) is 6.41. The van der Waals surface area contributed by atoms with Gasteiger partial charge in [-0.15, -0.1) is 5.92 Å². The maximum Gasteiger partial charge on any atom is 0.138 e. The monoisotopic (exact) mass is 435 g/mol. The van der Waals surface area contributed by atoms with Crippen molar-refractivity contribution in [3.8, 4) is 11.8 Å². The number of aromatic nitrogens is 1. The van der Waals surface area contributed by atoms with Crippen LogP contribution < -0.4 is 0 Å². The Hall–Kier alpha value is -1.20. The van der Waals surface area contributed by atoms with Crippen LogP contribution in [-0.2, 0) is 4.87 Å². The summed E-state index contributed by atoms with van der Waals surface area (Å²) < 4.78 is 0. The summed E-state index contributed by atoms with van der Waals surface area (Å²) in [5.41, 5.74) is 1.81. The zero-order chi connectivity index (χ0) is 20.4. The van der Waals surface area contributed by atoms with Crippen molar-refractivity contribution < 1.29 is 0 Å². The van der Waals surface area contributed by atoms with Crippen molar-refractivity contribution in [3.05, 3.63) is 63.9 Å². The van der Waals surface area contributed by atoms with Crippen LogP contribution in [0.3, 0.4) is 0 Å². The minimum absolute atomic E-state index is 0.125. The molecular weight excluding hydrogens is 409 g/mol. The lowest BCUT2D eigenvalue weighted by Crippen LogP contribution is -2.25. The van der Waals surface area contributed by atoms with E-state index in [1.165, 1.54) is 32.1 Å². The molecule has 0 aliphatic carbocycles. The minimum Gasteiger partial charge on any atom is -0.264 e. The number of hydrogen-bond donors (Lipinski definition) is 0. The molecule has 28 heavy (non-hydrogen) atoms. The summed E-state index contributed by atoms with van der Waals surface area (Å²) in [5, 5.41) is 1.21. The van der Waals surface area contributed by atoms with E-state index in [-0.39, 0.29) is 5.92 Å². The van der Waals surface area contributed by atoms with Gasteiger partial charge in [0, 0.05) is 40.3 Å². The second kappa shape index (κ2) is 11.7. The molecule has 2 aromatic rings. The Kier molecular flexibility index (Phi) is 9.66. The Morgan fingerprint density at radius 2 is 1.82 bits per heavy atom. The Bertz CT molecular complexity index is 794. The molecule has 2 unspecified atom stereocenters. The van der Waals surface area contributed by atoms with Gasteiger partial charge in [0.2, 0.25) is 0 Å². The van der Waals surface area contributed by atoms with Gasteiger partial charge in [0.1, 0.15) is 4.87 Å². The maximum atomic E-state index is 7.14. The van der Waals surface area contributed by atoms with Gasteiger partial charge in [-0.25, -0.2) is 0 Å². The maximum absolute atomic E-state index is 7.14. The van der Waals surface area contributed by atoms with Crippen LogP contribution in [0.1, 0.15) is 75.8 Å². The van der Waals surface area contributed by atoms with Crippen LogP contribution in [0.2, 0.25) is 10.0 Å². The van der Waals surface area contributed by atoms with Gasteiger partial charge < -0.3 is 0 Å². The van der Waals surface area contributed by atoms with E-state index in [0.29, 0.717) is 10.0 Å². The van der Waals surface area contributed by atoms with Crippen LogP contribution in [0.4, 0.5) is 0 Å².